The second-order valence-corrected chi connectivity index (χ2v) is 20.8. The van der Waals surface area contributed by atoms with Gasteiger partial charge in [-0.2, -0.15) is 0 Å². The number of aliphatic hydroxyl groups excluding tert-OH is 2. The molecule has 0 aromatic carbocycles. The molecule has 4 saturated heterocycles. The highest BCUT2D eigenvalue weighted by Gasteiger charge is 2.63. The van der Waals surface area contributed by atoms with Gasteiger partial charge in [-0.25, -0.2) is 0 Å². The summed E-state index contributed by atoms with van der Waals surface area (Å²) in [5.41, 5.74) is -0.932. The summed E-state index contributed by atoms with van der Waals surface area (Å²) < 4.78 is 40.3. The molecule has 0 aromatic rings. The molecule has 0 aliphatic carbocycles. The van der Waals surface area contributed by atoms with E-state index in [-0.39, 0.29) is 24.9 Å². The van der Waals surface area contributed by atoms with E-state index in [0.717, 1.165) is 19.3 Å². The molecular formula is C32H60O8Si. The quantitative estimate of drug-likeness (QED) is 0.302. The Morgan fingerprint density at radius 3 is 1.93 bits per heavy atom. The zero-order valence-electron chi connectivity index (χ0n) is 27.7. The number of hydrogen-bond donors (Lipinski definition) is 2. The first kappa shape index (κ1) is 33.8. The number of rotatable bonds is 9. The summed E-state index contributed by atoms with van der Waals surface area (Å²) >= 11 is 0. The van der Waals surface area contributed by atoms with Crippen LogP contribution in [0.25, 0.3) is 0 Å². The van der Waals surface area contributed by atoms with Crippen LogP contribution >= 0.6 is 0 Å². The molecule has 0 amide bonds. The van der Waals surface area contributed by atoms with Crippen molar-refractivity contribution in [2.24, 2.45) is 0 Å². The van der Waals surface area contributed by atoms with Crippen LogP contribution < -0.4 is 0 Å². The van der Waals surface area contributed by atoms with E-state index in [1.807, 2.05) is 20.8 Å². The third-order valence-electron chi connectivity index (χ3n) is 10.9. The maximum Gasteiger partial charge on any atom is 0.200 e. The fourth-order valence-corrected chi connectivity index (χ4v) is 14.4. The number of hydrogen-bond acceptors (Lipinski definition) is 8. The molecule has 1 spiro atoms. The minimum absolute atomic E-state index is 0.0809. The topological polar surface area (TPSA) is 95.8 Å². The summed E-state index contributed by atoms with van der Waals surface area (Å²) in [5.74, 6) is -1.41. The van der Waals surface area contributed by atoms with Gasteiger partial charge in [0.2, 0.25) is 8.32 Å². The maximum atomic E-state index is 11.9. The third-order valence-corrected chi connectivity index (χ3v) is 17.0. The van der Waals surface area contributed by atoms with Crippen LogP contribution in [0.15, 0.2) is 0 Å². The summed E-state index contributed by atoms with van der Waals surface area (Å²) in [6.07, 6.45) is 3.13. The minimum Gasteiger partial charge on any atom is -0.410 e. The van der Waals surface area contributed by atoms with Gasteiger partial charge in [-0.1, -0.05) is 41.5 Å². The molecule has 240 valence electrons. The summed E-state index contributed by atoms with van der Waals surface area (Å²) in [6.45, 7) is 24.3. The molecule has 4 aliphatic heterocycles. The predicted octanol–water partition coefficient (Wildman–Crippen LogP) is 6.21. The second-order valence-electron chi connectivity index (χ2n) is 15.4. The Bertz CT molecular complexity index is 890. The monoisotopic (exact) mass is 600 g/mol. The summed E-state index contributed by atoms with van der Waals surface area (Å²) in [4.78, 5) is 0. The molecule has 2 N–H and O–H groups in total. The number of aliphatic hydroxyl groups is 2. The van der Waals surface area contributed by atoms with E-state index in [9.17, 15) is 10.2 Å². The molecule has 0 radical (unpaired) electrons. The average Bonchev–Trinajstić information content (AvgIpc) is 3.10. The van der Waals surface area contributed by atoms with E-state index in [0.29, 0.717) is 48.9 Å². The van der Waals surface area contributed by atoms with Crippen molar-refractivity contribution < 1.29 is 38.3 Å². The second kappa shape index (κ2) is 11.7. The van der Waals surface area contributed by atoms with Crippen LogP contribution in [0.3, 0.4) is 0 Å². The van der Waals surface area contributed by atoms with E-state index in [1.54, 1.807) is 0 Å². The van der Waals surface area contributed by atoms with Gasteiger partial charge in [0, 0.05) is 19.4 Å². The summed E-state index contributed by atoms with van der Waals surface area (Å²) in [6, 6.07) is 0. The zero-order chi connectivity index (χ0) is 30.6. The summed E-state index contributed by atoms with van der Waals surface area (Å²) in [7, 11) is -2.29. The largest absolute Gasteiger partial charge is 0.410 e. The molecule has 8 nitrogen and oxygen atoms in total. The van der Waals surface area contributed by atoms with E-state index in [1.165, 1.54) is 0 Å². The van der Waals surface area contributed by atoms with Gasteiger partial charge in [0.15, 0.2) is 11.6 Å². The molecule has 0 bridgehead atoms. The SMILES string of the molecule is CC(C)[Si](O[C@@H](CCCO)[C@]1(C)O[C@@H]2CC[C@@H]3O[C@@]4(CC[C@@]3(C)O[C@@]2(C)C[C@H]1O)COC(C)(C)O4)(C(C)C)C(C)C. The van der Waals surface area contributed by atoms with Crippen molar-refractivity contribution in [1.82, 2.24) is 0 Å². The maximum absolute atomic E-state index is 11.9. The van der Waals surface area contributed by atoms with Crippen LogP contribution in [0.2, 0.25) is 16.6 Å². The van der Waals surface area contributed by atoms with Gasteiger partial charge in [0.1, 0.15) is 12.2 Å². The van der Waals surface area contributed by atoms with Crippen LogP contribution in [0.1, 0.15) is 121 Å². The van der Waals surface area contributed by atoms with Gasteiger partial charge in [-0.05, 0) is 83.3 Å². The Hall–Kier alpha value is -0.103. The van der Waals surface area contributed by atoms with Crippen molar-refractivity contribution in [3.63, 3.8) is 0 Å². The predicted molar refractivity (Wildman–Crippen MR) is 161 cm³/mol. The Morgan fingerprint density at radius 2 is 1.41 bits per heavy atom. The van der Waals surface area contributed by atoms with Crippen molar-refractivity contribution in [3.05, 3.63) is 0 Å². The highest BCUT2D eigenvalue weighted by molar-refractivity contribution is 6.77. The van der Waals surface area contributed by atoms with E-state index < -0.39 is 42.8 Å². The first-order chi connectivity index (χ1) is 18.9. The van der Waals surface area contributed by atoms with Gasteiger partial charge in [0.25, 0.3) is 0 Å². The minimum atomic E-state index is -2.29. The van der Waals surface area contributed by atoms with Crippen molar-refractivity contribution in [3.8, 4) is 0 Å². The van der Waals surface area contributed by atoms with Gasteiger partial charge in [-0.3, -0.25) is 0 Å². The highest BCUT2D eigenvalue weighted by Crippen LogP contribution is 2.53. The smallest absolute Gasteiger partial charge is 0.200 e. The molecular weight excluding hydrogens is 540 g/mol. The zero-order valence-corrected chi connectivity index (χ0v) is 28.7. The lowest BCUT2D eigenvalue weighted by atomic mass is 9.76. The molecule has 4 fully saturated rings. The molecule has 4 aliphatic rings. The molecule has 0 saturated carbocycles. The summed E-state index contributed by atoms with van der Waals surface area (Å²) in [5, 5.41) is 21.7. The van der Waals surface area contributed by atoms with Crippen LogP contribution in [0, 0.1) is 0 Å². The average molecular weight is 601 g/mol. The molecule has 9 heteroatoms. The number of ether oxygens (including phenoxy) is 5. The first-order valence-electron chi connectivity index (χ1n) is 16.2. The van der Waals surface area contributed by atoms with Gasteiger partial charge >= 0.3 is 0 Å². The molecule has 0 unspecified atom stereocenters. The van der Waals surface area contributed by atoms with Gasteiger partial charge < -0.3 is 38.3 Å². The fraction of sp³-hybridized carbons (Fsp3) is 1.00. The standard InChI is InChI=1S/C32H60O8Si/c1-21(2)41(22(3)4,23(5)6)38-27(13-12-18-33)31(11)24(34)19-30(10)26(36-31)15-14-25-29(9,40-30)16-17-32(37-25)20-35-28(7,8)39-32/h21-27,33-34H,12-20H2,1-11H3/t24-,25+,26-,27+,29-,30+,31-,32-/m1/s1. The van der Waals surface area contributed by atoms with E-state index >= 15 is 0 Å². The lowest BCUT2D eigenvalue weighted by Gasteiger charge is -2.57. The van der Waals surface area contributed by atoms with Crippen molar-refractivity contribution >= 4 is 8.32 Å². The molecule has 4 rings (SSSR count). The number of fused-ring (bicyclic) bond motifs is 2. The Kier molecular flexibility index (Phi) is 9.62. The third kappa shape index (κ3) is 6.10. The Labute approximate surface area is 250 Å². The molecule has 41 heavy (non-hydrogen) atoms. The van der Waals surface area contributed by atoms with Crippen LogP contribution in [-0.2, 0) is 28.1 Å². The van der Waals surface area contributed by atoms with Crippen molar-refractivity contribution in [1.29, 1.82) is 0 Å². The van der Waals surface area contributed by atoms with Crippen molar-refractivity contribution in [2.75, 3.05) is 13.2 Å². The van der Waals surface area contributed by atoms with Crippen LogP contribution in [0.4, 0.5) is 0 Å². The molecule has 4 heterocycles. The first-order valence-corrected chi connectivity index (χ1v) is 18.4. The van der Waals surface area contributed by atoms with Crippen LogP contribution in [-0.4, -0.2) is 84.5 Å². The van der Waals surface area contributed by atoms with Gasteiger partial charge in [0.05, 0.1) is 35.6 Å². The fourth-order valence-electron chi connectivity index (χ4n) is 8.71. The lowest BCUT2D eigenvalue weighted by molar-refractivity contribution is -0.346. The molecule has 8 atom stereocenters. The Balaban J connectivity index is 1.61. The van der Waals surface area contributed by atoms with Gasteiger partial charge in [-0.15, -0.1) is 0 Å². The molecule has 0 aromatic heterocycles. The van der Waals surface area contributed by atoms with Crippen molar-refractivity contribution in [2.45, 2.75) is 191 Å². The highest BCUT2D eigenvalue weighted by atomic mass is 28.4. The Morgan fingerprint density at radius 1 is 0.829 bits per heavy atom. The normalized spacial score (nSPS) is 42.0. The van der Waals surface area contributed by atoms with E-state index in [4.69, 9.17) is 28.1 Å². The lowest BCUT2D eigenvalue weighted by Crippen LogP contribution is -2.68. The van der Waals surface area contributed by atoms with E-state index in [2.05, 4.69) is 55.4 Å². The van der Waals surface area contributed by atoms with Crippen LogP contribution in [0.5, 0.6) is 0 Å².